The normalized spacial score (nSPS) is 16.6. The molecule has 2 aliphatic rings. The smallest absolute Gasteiger partial charge is 0.149 e. The van der Waals surface area contributed by atoms with Gasteiger partial charge in [0.15, 0.2) is 0 Å². The molecule has 0 unspecified atom stereocenters. The van der Waals surface area contributed by atoms with Crippen LogP contribution in [-0.2, 0) is 26.2 Å². The summed E-state index contributed by atoms with van der Waals surface area (Å²) in [6.07, 6.45) is 11.3. The second kappa shape index (κ2) is 10.9. The van der Waals surface area contributed by atoms with E-state index in [-0.39, 0.29) is 26.2 Å². The van der Waals surface area contributed by atoms with Crippen molar-refractivity contribution in [1.82, 2.24) is 0 Å². The van der Waals surface area contributed by atoms with Gasteiger partial charge in [0.25, 0.3) is 0 Å². The molecular weight excluding hydrogens is 500 g/mol. The van der Waals surface area contributed by atoms with Gasteiger partial charge in [0.1, 0.15) is 0 Å². The molecule has 1 heteroatoms. The molecule has 0 N–H and O–H groups in total. The molecule has 0 nitrogen and oxygen atoms in total. The van der Waals surface area contributed by atoms with Gasteiger partial charge in [-0.15, -0.1) is 80.2 Å². The van der Waals surface area contributed by atoms with Crippen LogP contribution >= 0.6 is 0 Å². The third kappa shape index (κ3) is 5.18. The van der Waals surface area contributed by atoms with Gasteiger partial charge in [0.2, 0.25) is 0 Å². The summed E-state index contributed by atoms with van der Waals surface area (Å²) in [5.74, 6) is 1.66. The molecule has 0 amide bonds. The van der Waals surface area contributed by atoms with Crippen LogP contribution in [-0.4, -0.2) is 0 Å². The van der Waals surface area contributed by atoms with Gasteiger partial charge in [0.05, 0.1) is 0 Å². The van der Waals surface area contributed by atoms with Gasteiger partial charge in [-0.1, -0.05) is 99.3 Å². The van der Waals surface area contributed by atoms with Crippen molar-refractivity contribution in [2.24, 2.45) is 0 Å². The number of hydrogen-bond donors (Lipinski definition) is 0. The SMILES string of the molecule is Cc1cc2[cH-]c(C)c(C3CCCC3)c2cc1C.Cc1cc2[cH-]c(C)c(C3CCCC3)c2cc1C.[Zr+2]. The van der Waals surface area contributed by atoms with Gasteiger partial charge < -0.3 is 0 Å². The Morgan fingerprint density at radius 3 is 1.17 bits per heavy atom. The molecule has 0 bridgehead atoms. The van der Waals surface area contributed by atoms with Crippen LogP contribution in [0.25, 0.3) is 21.5 Å². The fourth-order valence-electron chi connectivity index (χ4n) is 6.94. The topological polar surface area (TPSA) is 0 Å². The van der Waals surface area contributed by atoms with Crippen molar-refractivity contribution < 1.29 is 26.2 Å². The molecule has 0 radical (unpaired) electrons. The van der Waals surface area contributed by atoms with E-state index in [2.05, 4.69) is 77.9 Å². The van der Waals surface area contributed by atoms with Crippen molar-refractivity contribution in [2.75, 3.05) is 0 Å². The van der Waals surface area contributed by atoms with Crippen molar-refractivity contribution in [3.05, 3.63) is 80.9 Å². The largest absolute Gasteiger partial charge is 2.00 e. The predicted octanol–water partition coefficient (Wildman–Crippen LogP) is 10.3. The van der Waals surface area contributed by atoms with Crippen LogP contribution < -0.4 is 0 Å². The molecular formula is C34H42Zr. The van der Waals surface area contributed by atoms with E-state index < -0.39 is 0 Å². The third-order valence-electron chi connectivity index (χ3n) is 9.03. The summed E-state index contributed by atoms with van der Waals surface area (Å²) in [5.41, 5.74) is 12.0. The zero-order valence-electron chi connectivity index (χ0n) is 22.8. The Hall–Kier alpha value is -1.46. The van der Waals surface area contributed by atoms with Gasteiger partial charge in [-0.05, 0) is 27.7 Å². The Kier molecular flexibility index (Phi) is 8.27. The van der Waals surface area contributed by atoms with Crippen LogP contribution in [0.5, 0.6) is 0 Å². The van der Waals surface area contributed by atoms with E-state index in [0.717, 1.165) is 11.8 Å². The van der Waals surface area contributed by atoms with E-state index in [9.17, 15) is 0 Å². The maximum atomic E-state index is 2.41. The zero-order valence-corrected chi connectivity index (χ0v) is 25.2. The summed E-state index contributed by atoms with van der Waals surface area (Å²) in [4.78, 5) is 0. The zero-order chi connectivity index (χ0) is 24.0. The van der Waals surface area contributed by atoms with Crippen LogP contribution in [0.15, 0.2) is 36.4 Å². The molecule has 2 saturated carbocycles. The summed E-state index contributed by atoms with van der Waals surface area (Å²) in [7, 11) is 0. The number of hydrogen-bond acceptors (Lipinski definition) is 0. The minimum Gasteiger partial charge on any atom is -0.149 e. The Balaban J connectivity index is 0.000000160. The van der Waals surface area contributed by atoms with Crippen molar-refractivity contribution in [3.63, 3.8) is 0 Å². The van der Waals surface area contributed by atoms with E-state index in [1.165, 1.54) is 106 Å². The summed E-state index contributed by atoms with van der Waals surface area (Å²) < 4.78 is 0. The molecule has 0 saturated heterocycles. The first kappa shape index (κ1) is 26.6. The maximum absolute atomic E-state index is 2.41. The van der Waals surface area contributed by atoms with Crippen molar-refractivity contribution >= 4 is 21.5 Å². The molecule has 2 fully saturated rings. The summed E-state index contributed by atoms with van der Waals surface area (Å²) >= 11 is 0. The first-order valence-electron chi connectivity index (χ1n) is 13.7. The van der Waals surface area contributed by atoms with Crippen LogP contribution in [0.2, 0.25) is 0 Å². The summed E-state index contributed by atoms with van der Waals surface area (Å²) in [5, 5.41) is 5.95. The fourth-order valence-corrected chi connectivity index (χ4v) is 6.94. The predicted molar refractivity (Wildman–Crippen MR) is 150 cm³/mol. The van der Waals surface area contributed by atoms with Crippen LogP contribution in [0.4, 0.5) is 0 Å². The Morgan fingerprint density at radius 2 is 0.829 bits per heavy atom. The van der Waals surface area contributed by atoms with Crippen molar-refractivity contribution in [1.29, 1.82) is 0 Å². The monoisotopic (exact) mass is 540 g/mol. The Morgan fingerprint density at radius 1 is 0.514 bits per heavy atom. The van der Waals surface area contributed by atoms with E-state index in [4.69, 9.17) is 0 Å². The molecule has 0 heterocycles. The molecule has 4 aromatic carbocycles. The molecule has 182 valence electrons. The van der Waals surface area contributed by atoms with Gasteiger partial charge in [0, 0.05) is 0 Å². The molecule has 4 aromatic rings. The van der Waals surface area contributed by atoms with Gasteiger partial charge in [-0.3, -0.25) is 0 Å². The molecule has 0 atom stereocenters. The quantitative estimate of drug-likeness (QED) is 0.221. The van der Waals surface area contributed by atoms with E-state index >= 15 is 0 Å². The number of benzene rings is 2. The average molecular weight is 542 g/mol. The Bertz CT molecular complexity index is 1210. The van der Waals surface area contributed by atoms with Crippen molar-refractivity contribution in [3.8, 4) is 0 Å². The molecule has 0 spiro atoms. The summed E-state index contributed by atoms with van der Waals surface area (Å²) in [6.45, 7) is 13.5. The fraction of sp³-hybridized carbons (Fsp3) is 0.471. The molecule has 0 aliphatic heterocycles. The summed E-state index contributed by atoms with van der Waals surface area (Å²) in [6, 6.07) is 14.3. The first-order valence-corrected chi connectivity index (χ1v) is 13.7. The Labute approximate surface area is 232 Å². The molecule has 0 aromatic heterocycles. The van der Waals surface area contributed by atoms with E-state index in [0.29, 0.717) is 0 Å². The van der Waals surface area contributed by atoms with Gasteiger partial charge in [-0.2, -0.15) is 0 Å². The second-order valence-electron chi connectivity index (χ2n) is 11.5. The number of rotatable bonds is 2. The van der Waals surface area contributed by atoms with Crippen LogP contribution in [0, 0.1) is 41.5 Å². The minimum absolute atomic E-state index is 0. The third-order valence-corrected chi connectivity index (χ3v) is 9.03. The average Bonchev–Trinajstić information content (AvgIpc) is 3.57. The minimum atomic E-state index is 0. The van der Waals surface area contributed by atoms with Crippen molar-refractivity contribution in [2.45, 2.75) is 105 Å². The molecule has 6 rings (SSSR count). The van der Waals surface area contributed by atoms with Crippen LogP contribution in [0.1, 0.15) is 108 Å². The van der Waals surface area contributed by atoms with Gasteiger partial charge >= 0.3 is 26.2 Å². The van der Waals surface area contributed by atoms with E-state index in [1.54, 1.807) is 11.1 Å². The number of aryl methyl sites for hydroxylation is 6. The van der Waals surface area contributed by atoms with Crippen LogP contribution in [0.3, 0.4) is 0 Å². The molecule has 35 heavy (non-hydrogen) atoms. The molecule has 2 aliphatic carbocycles. The van der Waals surface area contributed by atoms with Gasteiger partial charge in [-0.25, -0.2) is 0 Å². The standard InChI is InChI=1S/2C17H21.Zr/c2*1-11-8-15-9-13(3)17(14-6-4-5-7-14)16(15)10-12(11)2;/h2*8-10,14H,4-7H2,1-3H3;/q2*-1;+2. The number of fused-ring (bicyclic) bond motifs is 2. The first-order chi connectivity index (χ1) is 16.3. The maximum Gasteiger partial charge on any atom is 2.00 e. The second-order valence-corrected chi connectivity index (χ2v) is 11.5. The van der Waals surface area contributed by atoms with E-state index in [1.807, 2.05) is 0 Å².